The third kappa shape index (κ3) is 5.29. The average Bonchev–Trinajstić information content (AvgIpc) is 2.46. The molecule has 0 saturated carbocycles. The van der Waals surface area contributed by atoms with Crippen LogP contribution in [0, 0.1) is 5.92 Å². The number of rotatable bonds is 7. The highest BCUT2D eigenvalue weighted by atomic mass is 32.2. The van der Waals surface area contributed by atoms with Gasteiger partial charge in [0, 0.05) is 4.90 Å². The molecule has 0 atom stereocenters. The predicted molar refractivity (Wildman–Crippen MR) is 85.1 cm³/mol. The van der Waals surface area contributed by atoms with Crippen molar-refractivity contribution in [1.29, 1.82) is 0 Å². The highest BCUT2D eigenvalue weighted by molar-refractivity contribution is 7.99. The third-order valence-corrected chi connectivity index (χ3v) is 4.17. The van der Waals surface area contributed by atoms with Gasteiger partial charge in [0.25, 0.3) is 6.43 Å². The number of thioether (sulfide) groups is 1. The summed E-state index contributed by atoms with van der Waals surface area (Å²) < 4.78 is 71.7. The van der Waals surface area contributed by atoms with Crippen molar-refractivity contribution in [2.75, 3.05) is 12.4 Å². The summed E-state index contributed by atoms with van der Waals surface area (Å²) in [7, 11) is 0. The van der Waals surface area contributed by atoms with E-state index in [-0.39, 0.29) is 29.4 Å². The first kappa shape index (κ1) is 21.7. The third-order valence-electron chi connectivity index (χ3n) is 3.13. The fourth-order valence-corrected chi connectivity index (χ4v) is 3.25. The molecule has 1 heterocycles. The first-order valence-corrected chi connectivity index (χ1v) is 8.75. The zero-order valence-corrected chi connectivity index (χ0v) is 15.2. The lowest BCUT2D eigenvalue weighted by Gasteiger charge is -2.22. The van der Waals surface area contributed by atoms with Gasteiger partial charge in [0.15, 0.2) is 5.69 Å². The van der Waals surface area contributed by atoms with Crippen LogP contribution >= 0.6 is 11.8 Å². The van der Waals surface area contributed by atoms with Crippen LogP contribution in [0.4, 0.5) is 22.0 Å². The van der Waals surface area contributed by atoms with E-state index in [0.717, 1.165) is 11.8 Å². The van der Waals surface area contributed by atoms with Crippen molar-refractivity contribution in [1.82, 2.24) is 4.98 Å². The summed E-state index contributed by atoms with van der Waals surface area (Å²) in [5.41, 5.74) is -3.39. The number of carbonyl (C=O) groups excluding carboxylic acids is 1. The highest BCUT2D eigenvalue weighted by Crippen LogP contribution is 2.41. The van der Waals surface area contributed by atoms with Crippen molar-refractivity contribution < 1.29 is 31.5 Å². The van der Waals surface area contributed by atoms with Gasteiger partial charge in [0.2, 0.25) is 0 Å². The molecule has 9 heteroatoms. The van der Waals surface area contributed by atoms with Crippen molar-refractivity contribution in [3.05, 3.63) is 22.5 Å². The molecule has 3 nitrogen and oxygen atoms in total. The monoisotopic (exact) mass is 385 g/mol. The minimum absolute atomic E-state index is 0.0296. The Morgan fingerprint density at radius 1 is 1.24 bits per heavy atom. The van der Waals surface area contributed by atoms with Gasteiger partial charge >= 0.3 is 12.1 Å². The molecule has 0 radical (unpaired) electrons. The van der Waals surface area contributed by atoms with Gasteiger partial charge in [-0.2, -0.15) is 13.2 Å². The zero-order chi connectivity index (χ0) is 19.4. The van der Waals surface area contributed by atoms with E-state index in [4.69, 9.17) is 4.74 Å². The van der Waals surface area contributed by atoms with Crippen molar-refractivity contribution in [3.8, 4) is 0 Å². The topological polar surface area (TPSA) is 39.2 Å². The second-order valence-electron chi connectivity index (χ2n) is 5.58. The lowest BCUT2D eigenvalue weighted by Crippen LogP contribution is -2.23. The summed E-state index contributed by atoms with van der Waals surface area (Å²) in [6.45, 7) is 6.46. The van der Waals surface area contributed by atoms with Crippen LogP contribution in [0.3, 0.4) is 0 Å². The molecule has 1 rings (SSSR count). The Morgan fingerprint density at radius 2 is 1.84 bits per heavy atom. The van der Waals surface area contributed by atoms with Gasteiger partial charge in [-0.15, -0.1) is 11.8 Å². The van der Waals surface area contributed by atoms with Crippen LogP contribution in [0.15, 0.2) is 4.90 Å². The second-order valence-corrected chi connectivity index (χ2v) is 6.85. The molecule has 0 unspecified atom stereocenters. The zero-order valence-electron chi connectivity index (χ0n) is 14.3. The van der Waals surface area contributed by atoms with Crippen molar-refractivity contribution >= 4 is 17.7 Å². The minimum atomic E-state index is -5.05. The summed E-state index contributed by atoms with van der Waals surface area (Å²) in [5, 5.41) is 0. The molecule has 0 fully saturated rings. The van der Waals surface area contributed by atoms with Crippen molar-refractivity contribution in [3.63, 3.8) is 0 Å². The quantitative estimate of drug-likeness (QED) is 0.352. The molecule has 0 aliphatic rings. The second kappa shape index (κ2) is 8.82. The van der Waals surface area contributed by atoms with E-state index in [0.29, 0.717) is 5.75 Å². The number of aromatic nitrogens is 1. The van der Waals surface area contributed by atoms with Crippen molar-refractivity contribution in [2.45, 2.75) is 51.6 Å². The van der Waals surface area contributed by atoms with E-state index in [9.17, 15) is 26.7 Å². The lowest BCUT2D eigenvalue weighted by atomic mass is 9.95. The largest absolute Gasteiger partial charge is 0.462 e. The van der Waals surface area contributed by atoms with E-state index < -0.39 is 35.5 Å². The summed E-state index contributed by atoms with van der Waals surface area (Å²) in [5.74, 6) is -1.00. The van der Waals surface area contributed by atoms with Gasteiger partial charge in [0.05, 0.1) is 12.2 Å². The van der Waals surface area contributed by atoms with Crippen molar-refractivity contribution in [2.24, 2.45) is 5.92 Å². The molecule has 25 heavy (non-hydrogen) atoms. The minimum Gasteiger partial charge on any atom is -0.462 e. The highest BCUT2D eigenvalue weighted by Gasteiger charge is 2.42. The molecule has 1 aromatic rings. The summed E-state index contributed by atoms with van der Waals surface area (Å²) in [6.07, 6.45) is -8.20. The molecule has 142 valence electrons. The van der Waals surface area contributed by atoms with Gasteiger partial charge in [-0.25, -0.2) is 18.6 Å². The van der Waals surface area contributed by atoms with Crippen LogP contribution in [-0.4, -0.2) is 23.3 Å². The SMILES string of the molecule is CCOC(=O)c1c(C(F)(F)F)nc(C(F)F)c(SCC)c1CC(C)C. The molecule has 0 amide bonds. The summed E-state index contributed by atoms with van der Waals surface area (Å²) >= 11 is 0.950. The van der Waals surface area contributed by atoms with Crippen LogP contribution < -0.4 is 0 Å². The number of pyridine rings is 1. The summed E-state index contributed by atoms with van der Waals surface area (Å²) in [6, 6.07) is 0. The Balaban J connectivity index is 3.89. The normalized spacial score (nSPS) is 12.1. The molecule has 0 bridgehead atoms. The van der Waals surface area contributed by atoms with Crippen LogP contribution in [0.2, 0.25) is 0 Å². The number of alkyl halides is 5. The molecule has 0 aromatic carbocycles. The number of hydrogen-bond donors (Lipinski definition) is 0. The van der Waals surface area contributed by atoms with E-state index in [1.165, 1.54) is 6.92 Å². The smallest absolute Gasteiger partial charge is 0.434 e. The van der Waals surface area contributed by atoms with Gasteiger partial charge in [-0.05, 0) is 30.6 Å². The Bertz CT molecular complexity index is 618. The number of hydrogen-bond acceptors (Lipinski definition) is 4. The Morgan fingerprint density at radius 3 is 2.24 bits per heavy atom. The maximum Gasteiger partial charge on any atom is 0.434 e. The lowest BCUT2D eigenvalue weighted by molar-refractivity contribution is -0.142. The van der Waals surface area contributed by atoms with Gasteiger partial charge < -0.3 is 4.74 Å². The van der Waals surface area contributed by atoms with E-state index in [1.54, 1.807) is 20.8 Å². The fraction of sp³-hybridized carbons (Fsp3) is 0.625. The molecule has 1 aromatic heterocycles. The number of esters is 1. The van der Waals surface area contributed by atoms with Gasteiger partial charge in [-0.1, -0.05) is 20.8 Å². The van der Waals surface area contributed by atoms with Gasteiger partial charge in [-0.3, -0.25) is 0 Å². The molecule has 0 N–H and O–H groups in total. The maximum atomic E-state index is 13.4. The van der Waals surface area contributed by atoms with Gasteiger partial charge in [0.1, 0.15) is 5.69 Å². The summed E-state index contributed by atoms with van der Waals surface area (Å²) in [4.78, 5) is 15.3. The number of ether oxygens (including phenoxy) is 1. The Hall–Kier alpha value is -1.38. The van der Waals surface area contributed by atoms with Crippen LogP contribution in [0.5, 0.6) is 0 Å². The van der Waals surface area contributed by atoms with E-state index >= 15 is 0 Å². The van der Waals surface area contributed by atoms with Crippen LogP contribution in [0.25, 0.3) is 0 Å². The van der Waals surface area contributed by atoms with E-state index in [2.05, 4.69) is 4.98 Å². The Kier molecular flexibility index (Phi) is 7.64. The van der Waals surface area contributed by atoms with E-state index in [1.807, 2.05) is 0 Å². The maximum absolute atomic E-state index is 13.4. The van der Waals surface area contributed by atoms with Crippen LogP contribution in [0.1, 0.15) is 61.4 Å². The predicted octanol–water partition coefficient (Wildman–Crippen LogP) is 5.53. The molecule has 0 aliphatic carbocycles. The average molecular weight is 385 g/mol. The standard InChI is InChI=1S/C16H20F5NO2S/c1-5-24-15(23)10-9(7-8(3)4)12(25-6-2)11(14(17)18)22-13(10)16(19,20)21/h8,14H,5-7H2,1-4H3. The molecular formula is C16H20F5NO2S. The fourth-order valence-electron chi connectivity index (χ4n) is 2.32. The Labute approximate surface area is 147 Å². The van der Waals surface area contributed by atoms with Crippen LogP contribution in [-0.2, 0) is 17.3 Å². The number of carbonyl (C=O) groups is 1. The first-order chi connectivity index (χ1) is 11.5. The first-order valence-electron chi connectivity index (χ1n) is 7.76. The molecule has 0 saturated heterocycles. The number of halogens is 5. The molecule has 0 spiro atoms. The molecule has 0 aliphatic heterocycles. The molecular weight excluding hydrogens is 365 g/mol. The number of nitrogens with zero attached hydrogens (tertiary/aromatic N) is 1.